The Balaban J connectivity index is 1.52. The van der Waals surface area contributed by atoms with Gasteiger partial charge in [0.25, 0.3) is 5.97 Å². The van der Waals surface area contributed by atoms with Crippen LogP contribution in [-0.4, -0.2) is 48.2 Å². The van der Waals surface area contributed by atoms with Crippen LogP contribution < -0.4 is 0 Å². The Hall–Kier alpha value is -1.76. The Morgan fingerprint density at radius 3 is 1.84 bits per heavy atom. The normalized spacial score (nSPS) is 28.5. The molecule has 0 amide bonds. The van der Waals surface area contributed by atoms with Crippen LogP contribution in [0.1, 0.15) is 52.4 Å². The van der Waals surface area contributed by atoms with Gasteiger partial charge in [0.2, 0.25) is 0 Å². The molecule has 3 saturated heterocycles. The topological polar surface area (TPSA) is 68.2 Å². The highest BCUT2D eigenvalue weighted by molar-refractivity contribution is 5.13. The second-order valence-corrected chi connectivity index (χ2v) is 8.72. The highest BCUT2D eigenvalue weighted by Crippen LogP contribution is 2.40. The number of rotatable bonds is 14. The van der Waals surface area contributed by atoms with Crippen molar-refractivity contribution in [1.82, 2.24) is 0 Å². The summed E-state index contributed by atoms with van der Waals surface area (Å²) in [6, 6.07) is 0. The highest BCUT2D eigenvalue weighted by Gasteiger charge is 2.49. The van der Waals surface area contributed by atoms with Crippen LogP contribution >= 0.6 is 0 Å². The summed E-state index contributed by atoms with van der Waals surface area (Å²) in [5.41, 5.74) is 0.00456. The number of ether oxygens (including phenoxy) is 3. The molecule has 0 aromatic rings. The number of aliphatic hydroxyl groups is 2. The van der Waals surface area contributed by atoms with Crippen LogP contribution in [0.4, 0.5) is 0 Å². The van der Waals surface area contributed by atoms with E-state index in [2.05, 4.69) is 32.1 Å². The first kappa shape index (κ1) is 26.5. The predicted octanol–water partition coefficient (Wildman–Crippen LogP) is 5.14. The first-order valence-electron chi connectivity index (χ1n) is 11.7. The van der Waals surface area contributed by atoms with Crippen LogP contribution in [0.3, 0.4) is 0 Å². The van der Waals surface area contributed by atoms with Crippen molar-refractivity contribution in [3.05, 3.63) is 72.9 Å². The molecule has 3 aliphatic heterocycles. The Morgan fingerprint density at radius 2 is 1.28 bits per heavy atom. The fraction of sp³-hybridized carbons (Fsp3) is 0.556. The second kappa shape index (κ2) is 14.4. The molecule has 3 aliphatic rings. The van der Waals surface area contributed by atoms with Crippen molar-refractivity contribution in [2.45, 2.75) is 70.6 Å². The van der Waals surface area contributed by atoms with Gasteiger partial charge in [0.1, 0.15) is 0 Å². The maximum atomic E-state index is 9.98. The van der Waals surface area contributed by atoms with Crippen molar-refractivity contribution in [3.8, 4) is 0 Å². The Kier molecular flexibility index (Phi) is 11.9. The van der Waals surface area contributed by atoms with E-state index in [0.717, 1.165) is 19.3 Å². The fourth-order valence-corrected chi connectivity index (χ4v) is 3.28. The van der Waals surface area contributed by atoms with E-state index in [0.29, 0.717) is 39.1 Å². The second-order valence-electron chi connectivity index (χ2n) is 8.72. The van der Waals surface area contributed by atoms with E-state index in [-0.39, 0.29) is 5.41 Å². The Morgan fingerprint density at radius 1 is 0.750 bits per heavy atom. The summed E-state index contributed by atoms with van der Waals surface area (Å²) in [6.07, 6.45) is 26.7. The standard InChI is InChI=1S/C27H40O5/c1-3-4-11-16-24(28)18-13-8-9-14-19-25(29)17-12-7-5-6-10-15-20-27-30-21-26(2,22-31-27)23-32-27/h4,6-14,18-19,24-25,28-29H,3,5,15-17,20-23H2,1-2H3/b9-8+,10-6-,11-4-,12-7-,18-13-,19-14+/t24-,25+,26?,27?/m0/s1. The summed E-state index contributed by atoms with van der Waals surface area (Å²) < 4.78 is 17.3. The van der Waals surface area contributed by atoms with Gasteiger partial charge in [-0.1, -0.05) is 86.8 Å². The lowest BCUT2D eigenvalue weighted by atomic mass is 9.91. The van der Waals surface area contributed by atoms with Crippen LogP contribution in [-0.2, 0) is 14.2 Å². The first-order chi connectivity index (χ1) is 15.5. The van der Waals surface area contributed by atoms with Gasteiger partial charge in [0.05, 0.1) is 32.0 Å². The quantitative estimate of drug-likeness (QED) is 0.287. The third-order valence-electron chi connectivity index (χ3n) is 5.30. The molecule has 2 atom stereocenters. The molecule has 0 radical (unpaired) electrons. The molecule has 2 N–H and O–H groups in total. The van der Waals surface area contributed by atoms with Crippen molar-refractivity contribution in [2.24, 2.45) is 5.41 Å². The third-order valence-corrected chi connectivity index (χ3v) is 5.30. The molecule has 2 bridgehead atoms. The fourth-order valence-electron chi connectivity index (χ4n) is 3.28. The minimum Gasteiger partial charge on any atom is -0.389 e. The molecule has 0 spiro atoms. The average molecular weight is 445 g/mol. The van der Waals surface area contributed by atoms with Gasteiger partial charge in [-0.15, -0.1) is 0 Å². The summed E-state index contributed by atoms with van der Waals surface area (Å²) in [6.45, 7) is 6.28. The molecule has 0 aromatic carbocycles. The molecule has 3 heterocycles. The predicted molar refractivity (Wildman–Crippen MR) is 129 cm³/mol. The molecule has 178 valence electrons. The Bertz CT molecular complexity index is 676. The van der Waals surface area contributed by atoms with Gasteiger partial charge in [-0.25, -0.2) is 0 Å². The van der Waals surface area contributed by atoms with E-state index < -0.39 is 18.2 Å². The van der Waals surface area contributed by atoms with Crippen LogP contribution in [0.2, 0.25) is 0 Å². The highest BCUT2D eigenvalue weighted by atomic mass is 16.9. The van der Waals surface area contributed by atoms with Crippen LogP contribution in [0.5, 0.6) is 0 Å². The summed E-state index contributed by atoms with van der Waals surface area (Å²) in [4.78, 5) is 0. The van der Waals surface area contributed by atoms with Crippen molar-refractivity contribution in [1.29, 1.82) is 0 Å². The zero-order valence-corrected chi connectivity index (χ0v) is 19.6. The van der Waals surface area contributed by atoms with Gasteiger partial charge in [0.15, 0.2) is 0 Å². The SMILES string of the molecule is CC/C=C\C[C@H](O)\C=C/C=C/C=C/[C@H](O)C/C=C\C/C=C\CCC12OCC(C)(CO1)CO2. The average Bonchev–Trinajstić information content (AvgIpc) is 2.79. The van der Waals surface area contributed by atoms with Gasteiger partial charge in [-0.05, 0) is 32.1 Å². The monoisotopic (exact) mass is 444 g/mol. The van der Waals surface area contributed by atoms with E-state index >= 15 is 0 Å². The minimum atomic E-state index is -0.843. The van der Waals surface area contributed by atoms with Crippen LogP contribution in [0.25, 0.3) is 0 Å². The molecule has 5 heteroatoms. The van der Waals surface area contributed by atoms with Gasteiger partial charge in [0, 0.05) is 11.8 Å². The van der Waals surface area contributed by atoms with E-state index in [1.165, 1.54) is 0 Å². The van der Waals surface area contributed by atoms with Crippen molar-refractivity contribution in [3.63, 3.8) is 0 Å². The summed E-state index contributed by atoms with van der Waals surface area (Å²) >= 11 is 0. The number of hydrogen-bond donors (Lipinski definition) is 2. The molecule has 0 aliphatic carbocycles. The van der Waals surface area contributed by atoms with Crippen molar-refractivity contribution in [2.75, 3.05) is 19.8 Å². The molecular weight excluding hydrogens is 404 g/mol. The molecule has 3 rings (SSSR count). The zero-order valence-electron chi connectivity index (χ0n) is 19.6. The maximum Gasteiger partial charge on any atom is 0.283 e. The Labute approximate surface area is 193 Å². The lowest BCUT2D eigenvalue weighted by Gasteiger charge is -2.50. The van der Waals surface area contributed by atoms with E-state index in [4.69, 9.17) is 14.2 Å². The number of allylic oxidation sites excluding steroid dienone is 8. The largest absolute Gasteiger partial charge is 0.389 e. The number of fused-ring (bicyclic) bond motifs is 3. The molecule has 0 unspecified atom stereocenters. The number of hydrogen-bond acceptors (Lipinski definition) is 5. The maximum absolute atomic E-state index is 9.98. The zero-order chi connectivity index (χ0) is 23.1. The summed E-state index contributed by atoms with van der Waals surface area (Å²) in [5.74, 6) is -0.843. The van der Waals surface area contributed by atoms with Crippen LogP contribution in [0.15, 0.2) is 72.9 Å². The van der Waals surface area contributed by atoms with E-state index in [9.17, 15) is 10.2 Å². The van der Waals surface area contributed by atoms with Crippen molar-refractivity contribution >= 4 is 0 Å². The lowest BCUT2D eigenvalue weighted by molar-refractivity contribution is -0.467. The summed E-state index contributed by atoms with van der Waals surface area (Å²) in [5, 5.41) is 19.7. The minimum absolute atomic E-state index is 0.00456. The van der Waals surface area contributed by atoms with Gasteiger partial charge < -0.3 is 24.4 Å². The van der Waals surface area contributed by atoms with Crippen molar-refractivity contribution < 1.29 is 24.4 Å². The van der Waals surface area contributed by atoms with Gasteiger partial charge in [-0.3, -0.25) is 0 Å². The number of aliphatic hydroxyl groups excluding tert-OH is 2. The lowest BCUT2D eigenvalue weighted by Crippen LogP contribution is -2.58. The van der Waals surface area contributed by atoms with Gasteiger partial charge >= 0.3 is 0 Å². The molecule has 3 fully saturated rings. The van der Waals surface area contributed by atoms with E-state index in [1.54, 1.807) is 12.2 Å². The third kappa shape index (κ3) is 10.2. The molecule has 5 nitrogen and oxygen atoms in total. The smallest absolute Gasteiger partial charge is 0.283 e. The van der Waals surface area contributed by atoms with E-state index in [1.807, 2.05) is 42.5 Å². The van der Waals surface area contributed by atoms with Crippen LogP contribution in [0, 0.1) is 5.41 Å². The summed E-state index contributed by atoms with van der Waals surface area (Å²) in [7, 11) is 0. The molecule has 0 saturated carbocycles. The molecule has 32 heavy (non-hydrogen) atoms. The molecular formula is C27H40O5. The molecule has 0 aromatic heterocycles. The van der Waals surface area contributed by atoms with Gasteiger partial charge in [-0.2, -0.15) is 0 Å². The first-order valence-corrected chi connectivity index (χ1v) is 11.7.